The zero-order valence-electron chi connectivity index (χ0n) is 6.62. The summed E-state index contributed by atoms with van der Waals surface area (Å²) in [5.41, 5.74) is 5.35. The van der Waals surface area contributed by atoms with Gasteiger partial charge in [-0.15, -0.1) is 0 Å². The van der Waals surface area contributed by atoms with E-state index in [9.17, 15) is 0 Å². The topological polar surface area (TPSA) is 53.7 Å². The van der Waals surface area contributed by atoms with E-state index in [1.54, 1.807) is 0 Å². The van der Waals surface area contributed by atoms with E-state index in [1.807, 2.05) is 0 Å². The lowest BCUT2D eigenvalue weighted by molar-refractivity contribution is -0.549. The Morgan fingerprint density at radius 2 is 2.27 bits per heavy atom. The van der Waals surface area contributed by atoms with Crippen LogP contribution in [-0.2, 0) is 14.8 Å². The van der Waals surface area contributed by atoms with Gasteiger partial charge in [-0.2, -0.15) is 0 Å². The molecule has 0 spiro atoms. The molecule has 4 heteroatoms. The minimum atomic E-state index is 0.204. The normalized spacial score (nSPS) is 25.4. The largest absolute Gasteiger partial charge is 0.330 e. The Morgan fingerprint density at radius 3 is 2.91 bits per heavy atom. The maximum atomic E-state index is 5.35. The van der Waals surface area contributed by atoms with Crippen LogP contribution in [0.1, 0.15) is 25.7 Å². The first-order chi connectivity index (χ1) is 5.43. The molecule has 1 aliphatic heterocycles. The van der Waals surface area contributed by atoms with Crippen LogP contribution in [0, 0.1) is 0 Å². The van der Waals surface area contributed by atoms with Gasteiger partial charge in [-0.05, 0) is 25.8 Å². The molecule has 4 nitrogen and oxygen atoms in total. The highest BCUT2D eigenvalue weighted by molar-refractivity contribution is 4.57. The van der Waals surface area contributed by atoms with E-state index in [0.717, 1.165) is 32.2 Å². The second kappa shape index (κ2) is 5.49. The van der Waals surface area contributed by atoms with Gasteiger partial charge in [0.15, 0.2) is 0 Å². The summed E-state index contributed by atoms with van der Waals surface area (Å²) in [4.78, 5) is 9.42. The van der Waals surface area contributed by atoms with E-state index in [-0.39, 0.29) is 6.10 Å². The first-order valence-corrected chi connectivity index (χ1v) is 4.08. The third-order valence-electron chi connectivity index (χ3n) is 1.73. The molecule has 0 aliphatic carbocycles. The molecular weight excluding hydrogens is 146 g/mol. The van der Waals surface area contributed by atoms with Gasteiger partial charge >= 0.3 is 0 Å². The number of rotatable bonds is 4. The van der Waals surface area contributed by atoms with Gasteiger partial charge in [0.1, 0.15) is 0 Å². The second-order valence-corrected chi connectivity index (χ2v) is 2.68. The molecular formula is C7H15NO3. The van der Waals surface area contributed by atoms with Gasteiger partial charge in [-0.3, -0.25) is 0 Å². The second-order valence-electron chi connectivity index (χ2n) is 2.68. The van der Waals surface area contributed by atoms with Crippen LogP contribution in [0.5, 0.6) is 0 Å². The Labute approximate surface area is 66.5 Å². The average Bonchev–Trinajstić information content (AvgIpc) is 2.07. The highest BCUT2D eigenvalue weighted by atomic mass is 17.5. The van der Waals surface area contributed by atoms with Crippen molar-refractivity contribution in [2.45, 2.75) is 31.8 Å². The SMILES string of the molecule is NCCCCC1CCOOO1. The Bertz CT molecular complexity index is 93.7. The maximum Gasteiger partial charge on any atom is 0.0984 e. The first kappa shape index (κ1) is 8.93. The highest BCUT2D eigenvalue weighted by Gasteiger charge is 2.14. The quantitative estimate of drug-likeness (QED) is 0.488. The Balaban J connectivity index is 1.96. The van der Waals surface area contributed by atoms with Gasteiger partial charge in [0.2, 0.25) is 0 Å². The monoisotopic (exact) mass is 161 g/mol. The van der Waals surface area contributed by atoms with Crippen molar-refractivity contribution in [3.05, 3.63) is 0 Å². The maximum absolute atomic E-state index is 5.35. The van der Waals surface area contributed by atoms with Crippen LogP contribution in [-0.4, -0.2) is 19.3 Å². The van der Waals surface area contributed by atoms with Crippen molar-refractivity contribution in [1.29, 1.82) is 0 Å². The molecule has 1 aliphatic rings. The van der Waals surface area contributed by atoms with Crippen molar-refractivity contribution in [2.75, 3.05) is 13.2 Å². The first-order valence-electron chi connectivity index (χ1n) is 4.08. The Morgan fingerprint density at radius 1 is 1.36 bits per heavy atom. The minimum absolute atomic E-state index is 0.204. The van der Waals surface area contributed by atoms with Crippen LogP contribution in [0.15, 0.2) is 0 Å². The Kier molecular flexibility index (Phi) is 4.45. The highest BCUT2D eigenvalue weighted by Crippen LogP contribution is 2.13. The molecule has 0 radical (unpaired) electrons. The molecule has 1 fully saturated rings. The fourth-order valence-electron chi connectivity index (χ4n) is 1.05. The van der Waals surface area contributed by atoms with Gasteiger partial charge < -0.3 is 5.73 Å². The van der Waals surface area contributed by atoms with Gasteiger partial charge in [-0.1, -0.05) is 5.04 Å². The molecule has 0 amide bonds. The molecule has 1 unspecified atom stereocenters. The van der Waals surface area contributed by atoms with Crippen LogP contribution >= 0.6 is 0 Å². The fourth-order valence-corrected chi connectivity index (χ4v) is 1.05. The summed E-state index contributed by atoms with van der Waals surface area (Å²) < 4.78 is 0. The zero-order chi connectivity index (χ0) is 7.94. The summed E-state index contributed by atoms with van der Waals surface area (Å²) in [7, 11) is 0. The van der Waals surface area contributed by atoms with Crippen molar-refractivity contribution in [3.63, 3.8) is 0 Å². The molecule has 1 heterocycles. The standard InChI is InChI=1S/C7H15NO3/c8-5-2-1-3-7-4-6-9-11-10-7/h7H,1-6,8H2. The van der Waals surface area contributed by atoms with E-state index in [4.69, 9.17) is 10.6 Å². The van der Waals surface area contributed by atoms with E-state index >= 15 is 0 Å². The predicted octanol–water partition coefficient (Wildman–Crippen LogP) is 0.768. The molecule has 11 heavy (non-hydrogen) atoms. The number of nitrogens with two attached hydrogens (primary N) is 1. The molecule has 0 aromatic carbocycles. The third-order valence-corrected chi connectivity index (χ3v) is 1.73. The zero-order valence-corrected chi connectivity index (χ0v) is 6.62. The average molecular weight is 161 g/mol. The summed E-state index contributed by atoms with van der Waals surface area (Å²) in [5.74, 6) is 0. The summed E-state index contributed by atoms with van der Waals surface area (Å²) in [5, 5.41) is 4.38. The predicted molar refractivity (Wildman–Crippen MR) is 39.4 cm³/mol. The smallest absolute Gasteiger partial charge is 0.0984 e. The van der Waals surface area contributed by atoms with E-state index in [2.05, 4.69) is 9.93 Å². The summed E-state index contributed by atoms with van der Waals surface area (Å²) >= 11 is 0. The molecule has 0 bridgehead atoms. The van der Waals surface area contributed by atoms with Crippen LogP contribution in [0.25, 0.3) is 0 Å². The van der Waals surface area contributed by atoms with E-state index in [1.165, 1.54) is 0 Å². The minimum Gasteiger partial charge on any atom is -0.330 e. The number of hydrogen-bond acceptors (Lipinski definition) is 4. The van der Waals surface area contributed by atoms with Crippen molar-refractivity contribution >= 4 is 0 Å². The van der Waals surface area contributed by atoms with Crippen LogP contribution in [0.3, 0.4) is 0 Å². The van der Waals surface area contributed by atoms with Gasteiger partial charge in [0.05, 0.1) is 12.7 Å². The molecule has 1 saturated heterocycles. The van der Waals surface area contributed by atoms with Gasteiger partial charge in [0, 0.05) is 6.42 Å². The Hall–Kier alpha value is -0.160. The number of hydrogen-bond donors (Lipinski definition) is 1. The molecule has 1 rings (SSSR count). The van der Waals surface area contributed by atoms with Gasteiger partial charge in [-0.25, -0.2) is 9.78 Å². The molecule has 66 valence electrons. The van der Waals surface area contributed by atoms with Crippen molar-refractivity contribution in [2.24, 2.45) is 5.73 Å². The molecule has 2 N–H and O–H groups in total. The van der Waals surface area contributed by atoms with E-state index in [0.29, 0.717) is 6.61 Å². The van der Waals surface area contributed by atoms with Crippen molar-refractivity contribution in [3.8, 4) is 0 Å². The third kappa shape index (κ3) is 3.67. The van der Waals surface area contributed by atoms with E-state index < -0.39 is 0 Å². The lowest BCUT2D eigenvalue weighted by Crippen LogP contribution is -2.22. The fraction of sp³-hybridized carbons (Fsp3) is 1.00. The van der Waals surface area contributed by atoms with Crippen molar-refractivity contribution in [1.82, 2.24) is 0 Å². The molecule has 0 saturated carbocycles. The summed E-state index contributed by atoms with van der Waals surface area (Å²) in [6.07, 6.45) is 4.30. The lowest BCUT2D eigenvalue weighted by atomic mass is 10.1. The summed E-state index contributed by atoms with van der Waals surface area (Å²) in [6, 6.07) is 0. The number of unbranched alkanes of at least 4 members (excludes halogenated alkanes) is 1. The van der Waals surface area contributed by atoms with Gasteiger partial charge in [0.25, 0.3) is 0 Å². The molecule has 0 aromatic heterocycles. The van der Waals surface area contributed by atoms with Crippen LogP contribution in [0.4, 0.5) is 0 Å². The van der Waals surface area contributed by atoms with Crippen LogP contribution < -0.4 is 5.73 Å². The molecule has 0 aromatic rings. The van der Waals surface area contributed by atoms with Crippen LogP contribution in [0.2, 0.25) is 0 Å². The molecule has 1 atom stereocenters. The lowest BCUT2D eigenvalue weighted by Gasteiger charge is -2.19. The van der Waals surface area contributed by atoms with Crippen molar-refractivity contribution < 1.29 is 14.8 Å². The summed E-state index contributed by atoms with van der Waals surface area (Å²) in [6.45, 7) is 1.39.